The van der Waals surface area contributed by atoms with Crippen molar-refractivity contribution in [3.63, 3.8) is 0 Å². The molecule has 0 saturated heterocycles. The lowest BCUT2D eigenvalue weighted by molar-refractivity contribution is 0.121. The molecule has 112 valence electrons. The maximum atomic E-state index is 10.4. The molecule has 2 aromatic carbocycles. The summed E-state index contributed by atoms with van der Waals surface area (Å²) in [5.74, 6) is 0.178. The van der Waals surface area contributed by atoms with Gasteiger partial charge in [0, 0.05) is 11.1 Å². The minimum atomic E-state index is -0.679. The van der Waals surface area contributed by atoms with E-state index in [9.17, 15) is 5.11 Å². The van der Waals surface area contributed by atoms with E-state index in [0.29, 0.717) is 5.02 Å². The standard InChI is InChI=1S/C18H22ClNO/c1-12-5-3-4-6-15(12)11-13(2)17(20)18(21)14-7-9-16(19)10-8-14/h3-10,13,17-18,21H,11,20H2,1-2H3/t13?,17-,18-/m1/s1. The van der Waals surface area contributed by atoms with Crippen molar-refractivity contribution in [2.45, 2.75) is 32.4 Å². The second-order valence-electron chi connectivity index (χ2n) is 5.68. The molecule has 3 heteroatoms. The fourth-order valence-electron chi connectivity index (χ4n) is 2.52. The number of nitrogens with two attached hydrogens (primary N) is 1. The Morgan fingerprint density at radius 3 is 2.33 bits per heavy atom. The van der Waals surface area contributed by atoms with Crippen LogP contribution in [0.25, 0.3) is 0 Å². The molecule has 0 aliphatic heterocycles. The summed E-state index contributed by atoms with van der Waals surface area (Å²) in [4.78, 5) is 0. The Kier molecular flexibility index (Phi) is 5.40. The molecule has 0 bridgehead atoms. The van der Waals surface area contributed by atoms with Gasteiger partial charge in [0.2, 0.25) is 0 Å². The zero-order valence-corrected chi connectivity index (χ0v) is 13.2. The zero-order valence-electron chi connectivity index (χ0n) is 12.5. The first-order chi connectivity index (χ1) is 9.99. The number of benzene rings is 2. The fourth-order valence-corrected chi connectivity index (χ4v) is 2.64. The van der Waals surface area contributed by atoms with Crippen LogP contribution in [0.5, 0.6) is 0 Å². The van der Waals surface area contributed by atoms with Crippen LogP contribution >= 0.6 is 11.6 Å². The highest BCUT2D eigenvalue weighted by molar-refractivity contribution is 6.30. The van der Waals surface area contributed by atoms with E-state index in [2.05, 4.69) is 26.0 Å². The highest BCUT2D eigenvalue weighted by atomic mass is 35.5. The van der Waals surface area contributed by atoms with Crippen molar-refractivity contribution < 1.29 is 5.11 Å². The molecule has 2 aromatic rings. The van der Waals surface area contributed by atoms with E-state index in [-0.39, 0.29) is 12.0 Å². The summed E-state index contributed by atoms with van der Waals surface area (Å²) in [6.45, 7) is 4.18. The molecule has 3 atom stereocenters. The Morgan fingerprint density at radius 2 is 1.71 bits per heavy atom. The van der Waals surface area contributed by atoms with Gasteiger partial charge in [0.05, 0.1) is 6.10 Å². The smallest absolute Gasteiger partial charge is 0.0943 e. The topological polar surface area (TPSA) is 46.2 Å². The Hall–Kier alpha value is -1.35. The molecule has 0 radical (unpaired) electrons. The first-order valence-electron chi connectivity index (χ1n) is 7.22. The molecule has 2 rings (SSSR count). The maximum Gasteiger partial charge on any atom is 0.0943 e. The molecule has 21 heavy (non-hydrogen) atoms. The lowest BCUT2D eigenvalue weighted by Gasteiger charge is -2.26. The van der Waals surface area contributed by atoms with Gasteiger partial charge >= 0.3 is 0 Å². The van der Waals surface area contributed by atoms with Crippen LogP contribution in [0.2, 0.25) is 5.02 Å². The quantitative estimate of drug-likeness (QED) is 0.880. The summed E-state index contributed by atoms with van der Waals surface area (Å²) in [5, 5.41) is 11.1. The predicted octanol–water partition coefficient (Wildman–Crippen LogP) is 3.89. The van der Waals surface area contributed by atoms with Crippen LogP contribution < -0.4 is 5.73 Å². The highest BCUT2D eigenvalue weighted by Crippen LogP contribution is 2.24. The molecule has 0 aliphatic carbocycles. The van der Waals surface area contributed by atoms with Gasteiger partial charge in [0.15, 0.2) is 0 Å². The molecule has 3 N–H and O–H groups in total. The van der Waals surface area contributed by atoms with Crippen LogP contribution in [-0.4, -0.2) is 11.1 Å². The van der Waals surface area contributed by atoms with E-state index >= 15 is 0 Å². The molecule has 0 aromatic heterocycles. The molecular weight excluding hydrogens is 282 g/mol. The van der Waals surface area contributed by atoms with Gasteiger partial charge in [-0.15, -0.1) is 0 Å². The normalized spacial score (nSPS) is 15.5. The van der Waals surface area contributed by atoms with Crippen molar-refractivity contribution in [2.75, 3.05) is 0 Å². The Labute approximate surface area is 131 Å². The number of halogens is 1. The predicted molar refractivity (Wildman–Crippen MR) is 88.4 cm³/mol. The maximum absolute atomic E-state index is 10.4. The average Bonchev–Trinajstić information content (AvgIpc) is 2.49. The van der Waals surface area contributed by atoms with E-state index < -0.39 is 6.10 Å². The number of aliphatic hydroxyl groups excluding tert-OH is 1. The number of hydrogen-bond acceptors (Lipinski definition) is 2. The van der Waals surface area contributed by atoms with Gasteiger partial charge in [-0.3, -0.25) is 0 Å². The van der Waals surface area contributed by atoms with E-state index in [1.54, 1.807) is 12.1 Å². The highest BCUT2D eigenvalue weighted by Gasteiger charge is 2.23. The molecule has 0 aliphatic rings. The molecular formula is C18H22ClNO. The number of aryl methyl sites for hydroxylation is 1. The van der Waals surface area contributed by atoms with Crippen LogP contribution in [0.4, 0.5) is 0 Å². The molecule has 0 amide bonds. The Morgan fingerprint density at radius 1 is 1.10 bits per heavy atom. The molecule has 0 heterocycles. The number of aliphatic hydroxyl groups is 1. The number of hydrogen-bond donors (Lipinski definition) is 2. The van der Waals surface area contributed by atoms with Crippen molar-refractivity contribution in [2.24, 2.45) is 11.7 Å². The van der Waals surface area contributed by atoms with Crippen molar-refractivity contribution >= 4 is 11.6 Å². The average molecular weight is 304 g/mol. The van der Waals surface area contributed by atoms with E-state index in [1.165, 1.54) is 11.1 Å². The van der Waals surface area contributed by atoms with Crippen LogP contribution in [0.1, 0.15) is 29.7 Å². The summed E-state index contributed by atoms with van der Waals surface area (Å²) in [7, 11) is 0. The summed E-state index contributed by atoms with van der Waals surface area (Å²) in [6, 6.07) is 15.2. The summed E-state index contributed by atoms with van der Waals surface area (Å²) >= 11 is 5.87. The van der Waals surface area contributed by atoms with Crippen LogP contribution in [0.3, 0.4) is 0 Å². The molecule has 0 fully saturated rings. The third kappa shape index (κ3) is 4.07. The van der Waals surface area contributed by atoms with Crippen molar-refractivity contribution in [1.82, 2.24) is 0 Å². The lowest BCUT2D eigenvalue weighted by Crippen LogP contribution is -2.36. The van der Waals surface area contributed by atoms with Gasteiger partial charge < -0.3 is 10.8 Å². The van der Waals surface area contributed by atoms with E-state index in [1.807, 2.05) is 24.3 Å². The summed E-state index contributed by atoms with van der Waals surface area (Å²) in [5.41, 5.74) is 9.60. The number of rotatable bonds is 5. The van der Waals surface area contributed by atoms with Gasteiger partial charge in [-0.2, -0.15) is 0 Å². The van der Waals surface area contributed by atoms with Gasteiger partial charge in [0.1, 0.15) is 0 Å². The van der Waals surface area contributed by atoms with Crippen molar-refractivity contribution in [1.29, 1.82) is 0 Å². The molecule has 1 unspecified atom stereocenters. The first kappa shape index (κ1) is 16.0. The molecule has 0 spiro atoms. The van der Waals surface area contributed by atoms with E-state index in [4.69, 9.17) is 17.3 Å². The monoisotopic (exact) mass is 303 g/mol. The van der Waals surface area contributed by atoms with Gasteiger partial charge in [-0.05, 0) is 48.1 Å². The third-order valence-electron chi connectivity index (χ3n) is 4.04. The zero-order chi connectivity index (χ0) is 15.4. The SMILES string of the molecule is Cc1ccccc1CC(C)[C@@H](N)[C@H](O)c1ccc(Cl)cc1. The molecule has 0 saturated carbocycles. The summed E-state index contributed by atoms with van der Waals surface area (Å²) < 4.78 is 0. The molecule has 2 nitrogen and oxygen atoms in total. The van der Waals surface area contributed by atoms with Crippen LogP contribution in [0, 0.1) is 12.8 Å². The Bertz CT molecular complexity index is 582. The van der Waals surface area contributed by atoms with E-state index in [0.717, 1.165) is 12.0 Å². The van der Waals surface area contributed by atoms with Gasteiger partial charge in [-0.25, -0.2) is 0 Å². The largest absolute Gasteiger partial charge is 0.387 e. The fraction of sp³-hybridized carbons (Fsp3) is 0.333. The minimum Gasteiger partial charge on any atom is -0.387 e. The van der Waals surface area contributed by atoms with Crippen LogP contribution in [-0.2, 0) is 6.42 Å². The van der Waals surface area contributed by atoms with Gasteiger partial charge in [0.25, 0.3) is 0 Å². The van der Waals surface area contributed by atoms with Crippen molar-refractivity contribution in [3.8, 4) is 0 Å². The summed E-state index contributed by atoms with van der Waals surface area (Å²) in [6.07, 6.45) is 0.180. The second-order valence-corrected chi connectivity index (χ2v) is 6.12. The minimum absolute atomic E-state index is 0.178. The third-order valence-corrected chi connectivity index (χ3v) is 4.29. The second kappa shape index (κ2) is 7.08. The van der Waals surface area contributed by atoms with Gasteiger partial charge in [-0.1, -0.05) is 54.9 Å². The Balaban J connectivity index is 2.06. The van der Waals surface area contributed by atoms with Crippen molar-refractivity contribution in [3.05, 3.63) is 70.2 Å². The first-order valence-corrected chi connectivity index (χ1v) is 7.60. The lowest BCUT2D eigenvalue weighted by atomic mass is 9.87. The van der Waals surface area contributed by atoms with Crippen LogP contribution in [0.15, 0.2) is 48.5 Å².